The van der Waals surface area contributed by atoms with Crippen LogP contribution in [0.3, 0.4) is 0 Å². The van der Waals surface area contributed by atoms with Crippen LogP contribution in [-0.4, -0.2) is 32.6 Å². The summed E-state index contributed by atoms with van der Waals surface area (Å²) >= 11 is 0. The molecule has 0 aromatic carbocycles. The zero-order valence-electron chi connectivity index (χ0n) is 12.4. The number of fused-ring (bicyclic) bond motifs is 5. The normalized spacial score (nSPS) is 14.4. The molecule has 21 heavy (non-hydrogen) atoms. The molecular formula is C15H20N6. The maximum atomic E-state index is 6.04. The molecule has 0 amide bonds. The number of imidazole rings is 1. The Morgan fingerprint density at radius 2 is 2.10 bits per heavy atom. The van der Waals surface area contributed by atoms with Crippen LogP contribution < -0.4 is 11.1 Å². The van der Waals surface area contributed by atoms with Crippen LogP contribution in [0.25, 0.3) is 21.9 Å². The third-order valence-electron chi connectivity index (χ3n) is 3.62. The fourth-order valence-corrected chi connectivity index (χ4v) is 2.76. The molecule has 0 bridgehead atoms. The van der Waals surface area contributed by atoms with E-state index in [-0.39, 0.29) is 0 Å². The molecule has 110 valence electrons. The van der Waals surface area contributed by atoms with Crippen LogP contribution in [0.1, 0.15) is 19.7 Å². The van der Waals surface area contributed by atoms with E-state index in [4.69, 9.17) is 5.73 Å². The Kier molecular flexibility index (Phi) is 3.70. The number of hydrogen-bond acceptors (Lipinski definition) is 5. The second-order valence-corrected chi connectivity index (χ2v) is 4.77. The number of nitrogens with zero attached hydrogens (tertiary/aromatic N) is 4. The lowest BCUT2D eigenvalue weighted by molar-refractivity contribution is 0.658. The lowest BCUT2D eigenvalue weighted by Gasteiger charge is -2.07. The van der Waals surface area contributed by atoms with Gasteiger partial charge in [-0.2, -0.15) is 0 Å². The van der Waals surface area contributed by atoms with Gasteiger partial charge in [0, 0.05) is 37.6 Å². The van der Waals surface area contributed by atoms with Gasteiger partial charge in [-0.1, -0.05) is 13.8 Å². The Hall–Kier alpha value is -2.21. The van der Waals surface area contributed by atoms with E-state index in [1.54, 1.807) is 12.4 Å². The number of pyridine rings is 2. The van der Waals surface area contributed by atoms with Gasteiger partial charge in [0.1, 0.15) is 11.3 Å². The number of nitrogens with two attached hydrogens (primary N) is 1. The average Bonchev–Trinajstić information content (AvgIpc) is 2.74. The molecule has 0 saturated heterocycles. The standard InChI is InChI=1S/C13H14N6.C2H6/c14-13-11-12(8-1-3-16-7-9(8)17-13)19-6-5-15-4-2-10(19)18-11;1-2/h1,3,7,15H,2,4-6H2,(H2,14,17);1-2H3. The van der Waals surface area contributed by atoms with Crippen molar-refractivity contribution in [2.24, 2.45) is 0 Å². The molecular weight excluding hydrogens is 264 g/mol. The molecule has 4 rings (SSSR count). The van der Waals surface area contributed by atoms with Crippen LogP contribution >= 0.6 is 0 Å². The van der Waals surface area contributed by atoms with Crippen molar-refractivity contribution >= 4 is 27.8 Å². The van der Waals surface area contributed by atoms with Crippen molar-refractivity contribution in [3.63, 3.8) is 0 Å². The summed E-state index contributed by atoms with van der Waals surface area (Å²) < 4.78 is 2.26. The molecule has 3 aromatic rings. The van der Waals surface area contributed by atoms with Crippen molar-refractivity contribution in [2.75, 3.05) is 18.8 Å². The summed E-state index contributed by atoms with van der Waals surface area (Å²) in [6.45, 7) is 6.82. The zero-order valence-corrected chi connectivity index (χ0v) is 12.4. The minimum absolute atomic E-state index is 0.490. The Morgan fingerprint density at radius 1 is 1.24 bits per heavy atom. The quantitative estimate of drug-likeness (QED) is 0.657. The fraction of sp³-hybridized carbons (Fsp3) is 0.400. The van der Waals surface area contributed by atoms with Crippen molar-refractivity contribution in [1.29, 1.82) is 0 Å². The number of aromatic nitrogens is 4. The van der Waals surface area contributed by atoms with Crippen LogP contribution in [0.2, 0.25) is 0 Å². The smallest absolute Gasteiger partial charge is 0.152 e. The van der Waals surface area contributed by atoms with Crippen LogP contribution in [0.15, 0.2) is 18.5 Å². The van der Waals surface area contributed by atoms with E-state index in [9.17, 15) is 0 Å². The Labute approximate surface area is 123 Å². The molecule has 1 aliphatic heterocycles. The number of nitrogens with one attached hydrogen (secondary N) is 1. The van der Waals surface area contributed by atoms with Crippen molar-refractivity contribution < 1.29 is 0 Å². The van der Waals surface area contributed by atoms with Crippen LogP contribution in [0, 0.1) is 0 Å². The number of hydrogen-bond donors (Lipinski definition) is 2. The van der Waals surface area contributed by atoms with E-state index >= 15 is 0 Å². The number of rotatable bonds is 0. The van der Waals surface area contributed by atoms with E-state index in [0.29, 0.717) is 5.82 Å². The largest absolute Gasteiger partial charge is 0.382 e. The second-order valence-electron chi connectivity index (χ2n) is 4.77. The summed E-state index contributed by atoms with van der Waals surface area (Å²) in [6.07, 6.45) is 4.45. The second kappa shape index (κ2) is 5.65. The summed E-state index contributed by atoms with van der Waals surface area (Å²) in [6, 6.07) is 1.98. The van der Waals surface area contributed by atoms with Crippen molar-refractivity contribution in [2.45, 2.75) is 26.8 Å². The molecule has 0 saturated carbocycles. The van der Waals surface area contributed by atoms with E-state index in [2.05, 4.69) is 24.8 Å². The van der Waals surface area contributed by atoms with Gasteiger partial charge in [-0.25, -0.2) is 9.97 Å². The highest BCUT2D eigenvalue weighted by molar-refractivity contribution is 6.06. The SMILES string of the molecule is CC.Nc1nc2cnccc2c2c1nc1n2CCNCC1. The minimum atomic E-state index is 0.490. The van der Waals surface area contributed by atoms with Gasteiger partial charge >= 0.3 is 0 Å². The molecule has 0 fully saturated rings. The van der Waals surface area contributed by atoms with Crippen molar-refractivity contribution in [1.82, 2.24) is 24.8 Å². The first-order valence-electron chi connectivity index (χ1n) is 7.43. The predicted molar refractivity (Wildman–Crippen MR) is 85.2 cm³/mol. The lowest BCUT2D eigenvalue weighted by Crippen LogP contribution is -2.17. The molecule has 6 nitrogen and oxygen atoms in total. The summed E-state index contributed by atoms with van der Waals surface area (Å²) in [4.78, 5) is 13.2. The highest BCUT2D eigenvalue weighted by Gasteiger charge is 2.18. The van der Waals surface area contributed by atoms with Crippen LogP contribution in [0.5, 0.6) is 0 Å². The summed E-state index contributed by atoms with van der Waals surface area (Å²) in [5.74, 6) is 1.57. The summed E-state index contributed by atoms with van der Waals surface area (Å²) in [5, 5.41) is 4.46. The average molecular weight is 284 g/mol. The van der Waals surface area contributed by atoms with Gasteiger partial charge in [-0.15, -0.1) is 0 Å². The van der Waals surface area contributed by atoms with Gasteiger partial charge < -0.3 is 15.6 Å². The van der Waals surface area contributed by atoms with Gasteiger partial charge in [0.25, 0.3) is 0 Å². The molecule has 0 spiro atoms. The predicted octanol–water partition coefficient (Wildman–Crippen LogP) is 1.73. The van der Waals surface area contributed by atoms with E-state index in [0.717, 1.165) is 53.8 Å². The molecule has 1 aliphatic rings. The first-order chi connectivity index (χ1) is 10.3. The number of anilines is 1. The minimum Gasteiger partial charge on any atom is -0.382 e. The van der Waals surface area contributed by atoms with Gasteiger partial charge in [0.05, 0.1) is 17.2 Å². The third-order valence-corrected chi connectivity index (χ3v) is 3.62. The maximum Gasteiger partial charge on any atom is 0.152 e. The summed E-state index contributed by atoms with van der Waals surface area (Å²) in [7, 11) is 0. The molecule has 3 N–H and O–H groups in total. The monoisotopic (exact) mass is 284 g/mol. The lowest BCUT2D eigenvalue weighted by atomic mass is 10.2. The molecule has 0 aliphatic carbocycles. The van der Waals surface area contributed by atoms with Crippen LogP contribution in [-0.2, 0) is 13.0 Å². The van der Waals surface area contributed by atoms with E-state index < -0.39 is 0 Å². The van der Waals surface area contributed by atoms with E-state index in [1.165, 1.54) is 0 Å². The molecule has 6 heteroatoms. The van der Waals surface area contributed by atoms with Crippen LogP contribution in [0.4, 0.5) is 5.82 Å². The molecule has 0 radical (unpaired) electrons. The van der Waals surface area contributed by atoms with Gasteiger partial charge in [-0.3, -0.25) is 4.98 Å². The molecule has 4 heterocycles. The Balaban J connectivity index is 0.000000636. The zero-order chi connectivity index (χ0) is 14.8. The third kappa shape index (κ3) is 2.21. The van der Waals surface area contributed by atoms with Crippen molar-refractivity contribution in [3.8, 4) is 0 Å². The fourth-order valence-electron chi connectivity index (χ4n) is 2.76. The van der Waals surface area contributed by atoms with Gasteiger partial charge in [0.2, 0.25) is 0 Å². The molecule has 0 unspecified atom stereocenters. The Bertz CT molecular complexity index is 777. The topological polar surface area (TPSA) is 81.7 Å². The highest BCUT2D eigenvalue weighted by atomic mass is 15.1. The van der Waals surface area contributed by atoms with E-state index in [1.807, 2.05) is 19.9 Å². The molecule has 3 aromatic heterocycles. The maximum absolute atomic E-state index is 6.04. The van der Waals surface area contributed by atoms with Gasteiger partial charge in [0.15, 0.2) is 5.82 Å². The highest BCUT2D eigenvalue weighted by Crippen LogP contribution is 2.28. The Morgan fingerprint density at radius 3 is 2.95 bits per heavy atom. The first kappa shape index (κ1) is 13.8. The first-order valence-corrected chi connectivity index (χ1v) is 7.43. The van der Waals surface area contributed by atoms with Gasteiger partial charge in [-0.05, 0) is 6.07 Å². The summed E-state index contributed by atoms with van der Waals surface area (Å²) in [5.41, 5.74) is 8.77. The number of nitrogen functional groups attached to an aromatic ring is 1. The van der Waals surface area contributed by atoms with Crippen molar-refractivity contribution in [3.05, 3.63) is 24.3 Å². The molecule has 0 atom stereocenters.